The maximum absolute atomic E-state index is 13.0. The summed E-state index contributed by atoms with van der Waals surface area (Å²) >= 11 is 5.64. The zero-order chi connectivity index (χ0) is 15.0. The maximum atomic E-state index is 13.0. The number of hydrogen-bond acceptors (Lipinski definition) is 3. The molecule has 0 bridgehead atoms. The van der Waals surface area contributed by atoms with Crippen molar-refractivity contribution in [1.29, 1.82) is 0 Å². The maximum Gasteiger partial charge on any atom is 0.421 e. The van der Waals surface area contributed by atoms with Gasteiger partial charge in [0.05, 0.1) is 11.4 Å². The van der Waals surface area contributed by atoms with Gasteiger partial charge in [-0.1, -0.05) is 17.7 Å². The second kappa shape index (κ2) is 5.00. The molecular formula is C13H8ClF3N4. The van der Waals surface area contributed by atoms with E-state index in [-0.39, 0.29) is 12.1 Å². The van der Waals surface area contributed by atoms with Crippen molar-refractivity contribution >= 4 is 17.2 Å². The molecule has 0 spiro atoms. The molecule has 0 saturated heterocycles. The first-order chi connectivity index (χ1) is 9.97. The monoisotopic (exact) mass is 312 g/mol. The quantitative estimate of drug-likeness (QED) is 0.728. The molecule has 3 aromatic heterocycles. The van der Waals surface area contributed by atoms with Crippen LogP contribution < -0.4 is 0 Å². The Balaban J connectivity index is 2.12. The van der Waals surface area contributed by atoms with Gasteiger partial charge in [0.2, 0.25) is 0 Å². The molecule has 8 heteroatoms. The van der Waals surface area contributed by atoms with E-state index in [0.29, 0.717) is 11.5 Å². The van der Waals surface area contributed by atoms with Crippen LogP contribution in [0.15, 0.2) is 36.7 Å². The minimum atomic E-state index is -4.59. The molecule has 0 saturated carbocycles. The minimum Gasteiger partial charge on any atom is -0.285 e. The van der Waals surface area contributed by atoms with Crippen LogP contribution in [0.1, 0.15) is 17.1 Å². The lowest BCUT2D eigenvalue weighted by atomic mass is 10.2. The van der Waals surface area contributed by atoms with E-state index in [0.717, 1.165) is 0 Å². The summed E-state index contributed by atoms with van der Waals surface area (Å²) in [5.74, 6) is 0.367. The average molecular weight is 313 g/mol. The van der Waals surface area contributed by atoms with Gasteiger partial charge in [0, 0.05) is 18.1 Å². The van der Waals surface area contributed by atoms with E-state index in [1.165, 1.54) is 16.7 Å². The number of aromatic nitrogens is 4. The van der Waals surface area contributed by atoms with E-state index in [2.05, 4.69) is 15.2 Å². The summed E-state index contributed by atoms with van der Waals surface area (Å²) in [6.45, 7) is 0. The van der Waals surface area contributed by atoms with Crippen LogP contribution in [0.4, 0.5) is 13.2 Å². The van der Waals surface area contributed by atoms with Gasteiger partial charge in [-0.05, 0) is 18.2 Å². The molecule has 0 N–H and O–H groups in total. The van der Waals surface area contributed by atoms with Crippen molar-refractivity contribution in [2.45, 2.75) is 12.6 Å². The Hall–Kier alpha value is -2.15. The fraction of sp³-hybridized carbons (Fsp3) is 0.154. The van der Waals surface area contributed by atoms with Crippen LogP contribution in [0.3, 0.4) is 0 Å². The van der Waals surface area contributed by atoms with Crippen LogP contribution in [0.2, 0.25) is 5.02 Å². The number of nitrogens with zero attached hydrogens (tertiary/aromatic N) is 4. The zero-order valence-corrected chi connectivity index (χ0v) is 11.2. The lowest BCUT2D eigenvalue weighted by Crippen LogP contribution is -2.09. The molecule has 0 radical (unpaired) electrons. The van der Waals surface area contributed by atoms with E-state index in [1.807, 2.05) is 0 Å². The molecular weight excluding hydrogens is 305 g/mol. The topological polar surface area (TPSA) is 43.1 Å². The molecule has 0 aliphatic rings. The molecule has 4 nitrogen and oxygen atoms in total. The molecule has 0 aliphatic carbocycles. The van der Waals surface area contributed by atoms with Gasteiger partial charge in [-0.2, -0.15) is 13.2 Å². The number of halogens is 4. The summed E-state index contributed by atoms with van der Waals surface area (Å²) in [6, 6.07) is 6.50. The lowest BCUT2D eigenvalue weighted by molar-refractivity contribution is -0.136. The predicted octanol–water partition coefficient (Wildman–Crippen LogP) is 3.39. The summed E-state index contributed by atoms with van der Waals surface area (Å²) in [4.78, 5) is 4.12. The molecule has 3 rings (SSSR count). The first-order valence-corrected chi connectivity index (χ1v) is 6.34. The predicted molar refractivity (Wildman–Crippen MR) is 70.0 cm³/mol. The SMILES string of the molecule is FC(F)(F)c1c(Cl)ccn2c(Cc3ccccn3)nnc12. The van der Waals surface area contributed by atoms with Gasteiger partial charge in [-0.3, -0.25) is 9.38 Å². The summed E-state index contributed by atoms with van der Waals surface area (Å²) < 4.78 is 40.4. The van der Waals surface area contributed by atoms with Crippen LogP contribution in [-0.4, -0.2) is 19.6 Å². The molecule has 21 heavy (non-hydrogen) atoms. The highest BCUT2D eigenvalue weighted by atomic mass is 35.5. The first kappa shape index (κ1) is 13.8. The third-order valence-corrected chi connectivity index (χ3v) is 3.26. The van der Waals surface area contributed by atoms with Gasteiger partial charge in [0.1, 0.15) is 11.4 Å². The van der Waals surface area contributed by atoms with E-state index < -0.39 is 16.8 Å². The molecule has 0 aromatic carbocycles. The second-order valence-corrected chi connectivity index (χ2v) is 4.75. The second-order valence-electron chi connectivity index (χ2n) is 4.34. The van der Waals surface area contributed by atoms with Crippen LogP contribution >= 0.6 is 11.6 Å². The van der Waals surface area contributed by atoms with Gasteiger partial charge in [-0.25, -0.2) is 0 Å². The Morgan fingerprint density at radius 2 is 1.95 bits per heavy atom. The number of hydrogen-bond donors (Lipinski definition) is 0. The van der Waals surface area contributed by atoms with Gasteiger partial charge >= 0.3 is 6.18 Å². The molecule has 0 unspecified atom stereocenters. The van der Waals surface area contributed by atoms with Crippen LogP contribution in [0.5, 0.6) is 0 Å². The van der Waals surface area contributed by atoms with Crippen LogP contribution in [-0.2, 0) is 12.6 Å². The smallest absolute Gasteiger partial charge is 0.285 e. The first-order valence-electron chi connectivity index (χ1n) is 5.96. The van der Waals surface area contributed by atoms with Gasteiger partial charge in [0.15, 0.2) is 5.65 Å². The van der Waals surface area contributed by atoms with Crippen LogP contribution in [0, 0.1) is 0 Å². The summed E-state index contributed by atoms with van der Waals surface area (Å²) in [6.07, 6.45) is -1.28. The highest BCUT2D eigenvalue weighted by molar-refractivity contribution is 6.31. The molecule has 3 aromatic rings. The molecule has 0 atom stereocenters. The molecule has 108 valence electrons. The number of pyridine rings is 2. The fourth-order valence-corrected chi connectivity index (χ4v) is 2.28. The summed E-state index contributed by atoms with van der Waals surface area (Å²) in [5, 5.41) is 7.05. The lowest BCUT2D eigenvalue weighted by Gasteiger charge is -2.09. The van der Waals surface area contributed by atoms with Crippen molar-refractivity contribution in [1.82, 2.24) is 19.6 Å². The van der Waals surface area contributed by atoms with Crippen molar-refractivity contribution in [3.63, 3.8) is 0 Å². The molecule has 3 heterocycles. The summed E-state index contributed by atoms with van der Waals surface area (Å²) in [7, 11) is 0. The Bertz CT molecular complexity index is 783. The fourth-order valence-electron chi connectivity index (χ4n) is 2.03. The van der Waals surface area contributed by atoms with E-state index in [9.17, 15) is 13.2 Å². The Morgan fingerprint density at radius 1 is 1.14 bits per heavy atom. The molecule has 0 fully saturated rings. The van der Waals surface area contributed by atoms with E-state index in [1.54, 1.807) is 24.4 Å². The van der Waals surface area contributed by atoms with Crippen molar-refractivity contribution < 1.29 is 13.2 Å². The molecule has 0 amide bonds. The average Bonchev–Trinajstić information content (AvgIpc) is 2.81. The Kier molecular flexibility index (Phi) is 3.29. The highest BCUT2D eigenvalue weighted by Crippen LogP contribution is 2.37. The van der Waals surface area contributed by atoms with E-state index >= 15 is 0 Å². The van der Waals surface area contributed by atoms with Gasteiger partial charge < -0.3 is 0 Å². The van der Waals surface area contributed by atoms with Crippen LogP contribution in [0.25, 0.3) is 5.65 Å². The van der Waals surface area contributed by atoms with Crippen molar-refractivity contribution in [2.24, 2.45) is 0 Å². The largest absolute Gasteiger partial charge is 0.421 e. The highest BCUT2D eigenvalue weighted by Gasteiger charge is 2.37. The number of rotatable bonds is 2. The Labute approximate surface area is 122 Å². The Morgan fingerprint density at radius 3 is 2.62 bits per heavy atom. The zero-order valence-electron chi connectivity index (χ0n) is 10.5. The normalized spacial score (nSPS) is 12.0. The van der Waals surface area contributed by atoms with Gasteiger partial charge in [0.25, 0.3) is 0 Å². The van der Waals surface area contributed by atoms with Gasteiger partial charge in [-0.15, -0.1) is 10.2 Å². The molecule has 0 aliphatic heterocycles. The van der Waals surface area contributed by atoms with Crippen molar-refractivity contribution in [3.05, 3.63) is 58.8 Å². The van der Waals surface area contributed by atoms with E-state index in [4.69, 9.17) is 11.6 Å². The summed E-state index contributed by atoms with van der Waals surface area (Å²) in [5.41, 5.74) is -0.595. The standard InChI is InChI=1S/C13H8ClF3N4/c14-9-4-6-21-10(7-8-3-1-2-5-18-8)19-20-12(21)11(9)13(15,16)17/h1-6H,7H2. The third kappa shape index (κ3) is 2.56. The third-order valence-electron chi connectivity index (χ3n) is 2.95. The number of fused-ring (bicyclic) bond motifs is 1. The van der Waals surface area contributed by atoms with Crippen molar-refractivity contribution in [3.8, 4) is 0 Å². The minimum absolute atomic E-state index is 0.279. The number of alkyl halides is 3. The van der Waals surface area contributed by atoms with Crippen molar-refractivity contribution in [2.75, 3.05) is 0 Å².